The van der Waals surface area contributed by atoms with Gasteiger partial charge in [-0.2, -0.15) is 0 Å². The Balaban J connectivity index is 1.51. The standard InChI is InChI=1S/C28H30ClN3O3/c1-21-15-16-31(18-21)28(34)20-32(19-27(33)30-17-22-11-13-23(29)14-12-22)25-9-5-6-10-26(25)35-24-7-3-2-4-8-24/h2-14,21H,15-20H2,1H3,(H,30,33). The molecule has 4 rings (SSSR count). The molecule has 35 heavy (non-hydrogen) atoms. The van der Waals surface area contributed by atoms with Gasteiger partial charge in [-0.25, -0.2) is 0 Å². The summed E-state index contributed by atoms with van der Waals surface area (Å²) >= 11 is 5.95. The highest BCUT2D eigenvalue weighted by atomic mass is 35.5. The highest BCUT2D eigenvalue weighted by Gasteiger charge is 2.26. The summed E-state index contributed by atoms with van der Waals surface area (Å²) in [6.07, 6.45) is 1.00. The van der Waals surface area contributed by atoms with Crippen molar-refractivity contribution >= 4 is 29.1 Å². The fraction of sp³-hybridized carbons (Fsp3) is 0.286. The van der Waals surface area contributed by atoms with E-state index in [0.717, 1.165) is 25.1 Å². The van der Waals surface area contributed by atoms with Gasteiger partial charge in [0, 0.05) is 24.7 Å². The van der Waals surface area contributed by atoms with Crippen molar-refractivity contribution in [3.8, 4) is 11.5 Å². The van der Waals surface area contributed by atoms with Crippen LogP contribution in [0.4, 0.5) is 5.69 Å². The predicted octanol–water partition coefficient (Wildman–Crippen LogP) is 5.12. The maximum Gasteiger partial charge on any atom is 0.242 e. The van der Waals surface area contributed by atoms with Crippen LogP contribution in [0, 0.1) is 5.92 Å². The smallest absolute Gasteiger partial charge is 0.242 e. The first-order valence-corrected chi connectivity index (χ1v) is 12.2. The van der Waals surface area contributed by atoms with Crippen molar-refractivity contribution in [3.05, 3.63) is 89.4 Å². The fourth-order valence-electron chi connectivity index (χ4n) is 4.10. The lowest BCUT2D eigenvalue weighted by atomic mass is 10.2. The molecule has 1 heterocycles. The second-order valence-corrected chi connectivity index (χ2v) is 9.31. The van der Waals surface area contributed by atoms with E-state index in [0.29, 0.717) is 34.7 Å². The summed E-state index contributed by atoms with van der Waals surface area (Å²) in [5.41, 5.74) is 1.64. The molecule has 2 amide bonds. The Morgan fingerprint density at radius 1 is 1.00 bits per heavy atom. The van der Waals surface area contributed by atoms with Gasteiger partial charge in [-0.3, -0.25) is 9.59 Å². The Hall–Kier alpha value is -3.51. The van der Waals surface area contributed by atoms with Gasteiger partial charge >= 0.3 is 0 Å². The van der Waals surface area contributed by atoms with Gasteiger partial charge in [0.15, 0.2) is 5.75 Å². The number of nitrogens with zero attached hydrogens (tertiary/aromatic N) is 2. The van der Waals surface area contributed by atoms with Gasteiger partial charge in [-0.1, -0.05) is 61.0 Å². The molecule has 0 bridgehead atoms. The molecule has 1 aliphatic rings. The number of halogens is 1. The zero-order valence-electron chi connectivity index (χ0n) is 19.8. The Morgan fingerprint density at radius 2 is 1.71 bits per heavy atom. The first-order chi connectivity index (χ1) is 17.0. The van der Waals surface area contributed by atoms with E-state index in [-0.39, 0.29) is 24.9 Å². The lowest BCUT2D eigenvalue weighted by Crippen LogP contribution is -2.44. The van der Waals surface area contributed by atoms with E-state index in [1.165, 1.54) is 0 Å². The molecule has 1 fully saturated rings. The summed E-state index contributed by atoms with van der Waals surface area (Å²) in [7, 11) is 0. The molecule has 6 nitrogen and oxygen atoms in total. The molecule has 1 saturated heterocycles. The third kappa shape index (κ3) is 6.99. The lowest BCUT2D eigenvalue weighted by Gasteiger charge is -2.28. The third-order valence-corrected chi connectivity index (χ3v) is 6.27. The average Bonchev–Trinajstić information content (AvgIpc) is 3.31. The van der Waals surface area contributed by atoms with Gasteiger partial charge in [-0.15, -0.1) is 0 Å². The van der Waals surface area contributed by atoms with Crippen molar-refractivity contribution in [1.29, 1.82) is 0 Å². The van der Waals surface area contributed by atoms with Gasteiger partial charge in [0.1, 0.15) is 5.75 Å². The molecule has 0 radical (unpaired) electrons. The topological polar surface area (TPSA) is 61.9 Å². The lowest BCUT2D eigenvalue weighted by molar-refractivity contribution is -0.128. The number of nitrogens with one attached hydrogen (secondary N) is 1. The van der Waals surface area contributed by atoms with Crippen molar-refractivity contribution in [1.82, 2.24) is 10.2 Å². The van der Waals surface area contributed by atoms with Crippen molar-refractivity contribution < 1.29 is 14.3 Å². The number of likely N-dealkylation sites (tertiary alicyclic amines) is 1. The number of benzene rings is 3. The van der Waals surface area contributed by atoms with E-state index < -0.39 is 0 Å². The first kappa shape index (κ1) is 24.6. The molecule has 182 valence electrons. The monoisotopic (exact) mass is 491 g/mol. The van der Waals surface area contributed by atoms with Crippen LogP contribution in [0.2, 0.25) is 5.02 Å². The number of hydrogen-bond donors (Lipinski definition) is 1. The summed E-state index contributed by atoms with van der Waals surface area (Å²) in [6.45, 7) is 4.15. The van der Waals surface area contributed by atoms with Gasteiger partial charge in [0.25, 0.3) is 0 Å². The molecule has 0 spiro atoms. The number of rotatable bonds is 9. The highest BCUT2D eigenvalue weighted by Crippen LogP contribution is 2.32. The Morgan fingerprint density at radius 3 is 2.43 bits per heavy atom. The minimum Gasteiger partial charge on any atom is -0.455 e. The SMILES string of the molecule is CC1CCN(C(=O)CN(CC(=O)NCc2ccc(Cl)cc2)c2ccccc2Oc2ccccc2)C1. The maximum atomic E-state index is 13.1. The van der Waals surface area contributed by atoms with Crippen LogP contribution in [-0.2, 0) is 16.1 Å². The second kappa shape index (κ2) is 11.8. The van der Waals surface area contributed by atoms with Crippen molar-refractivity contribution in [2.75, 3.05) is 31.1 Å². The molecule has 1 aliphatic heterocycles. The Bertz CT molecular complexity index is 1140. The fourth-order valence-corrected chi connectivity index (χ4v) is 4.23. The van der Waals surface area contributed by atoms with Crippen LogP contribution in [0.3, 0.4) is 0 Å². The summed E-state index contributed by atoms with van der Waals surface area (Å²) in [4.78, 5) is 29.8. The van der Waals surface area contributed by atoms with Crippen LogP contribution in [0.15, 0.2) is 78.9 Å². The molecule has 3 aromatic rings. The molecule has 0 aromatic heterocycles. The summed E-state index contributed by atoms with van der Waals surface area (Å²) < 4.78 is 6.13. The summed E-state index contributed by atoms with van der Waals surface area (Å²) in [6, 6.07) is 24.3. The van der Waals surface area contributed by atoms with Crippen LogP contribution in [0.1, 0.15) is 18.9 Å². The van der Waals surface area contributed by atoms with Gasteiger partial charge in [0.2, 0.25) is 11.8 Å². The van der Waals surface area contributed by atoms with Crippen LogP contribution < -0.4 is 15.0 Å². The number of anilines is 1. The molecule has 0 saturated carbocycles. The van der Waals surface area contributed by atoms with Crippen molar-refractivity contribution in [2.24, 2.45) is 5.92 Å². The normalized spacial score (nSPS) is 15.0. The minimum atomic E-state index is -0.183. The largest absolute Gasteiger partial charge is 0.455 e. The van der Waals surface area contributed by atoms with Crippen LogP contribution >= 0.6 is 11.6 Å². The van der Waals surface area contributed by atoms with Crippen molar-refractivity contribution in [2.45, 2.75) is 19.9 Å². The van der Waals surface area contributed by atoms with E-state index in [1.54, 1.807) is 17.0 Å². The van der Waals surface area contributed by atoms with E-state index in [1.807, 2.05) is 71.6 Å². The summed E-state index contributed by atoms with van der Waals surface area (Å²) in [5, 5.41) is 3.60. The van der Waals surface area contributed by atoms with Crippen LogP contribution in [0.5, 0.6) is 11.5 Å². The van der Waals surface area contributed by atoms with Gasteiger partial charge in [-0.05, 0) is 54.3 Å². The Kier molecular flexibility index (Phi) is 8.27. The van der Waals surface area contributed by atoms with E-state index in [2.05, 4.69) is 12.2 Å². The molecule has 0 aliphatic carbocycles. The molecule has 1 N–H and O–H groups in total. The predicted molar refractivity (Wildman–Crippen MR) is 139 cm³/mol. The van der Waals surface area contributed by atoms with Gasteiger partial charge in [0.05, 0.1) is 18.8 Å². The number of carbonyl (C=O) groups is 2. The molecule has 7 heteroatoms. The molecular weight excluding hydrogens is 462 g/mol. The van der Waals surface area contributed by atoms with E-state index in [9.17, 15) is 9.59 Å². The van der Waals surface area contributed by atoms with E-state index in [4.69, 9.17) is 16.3 Å². The zero-order valence-corrected chi connectivity index (χ0v) is 20.6. The van der Waals surface area contributed by atoms with Crippen molar-refractivity contribution in [3.63, 3.8) is 0 Å². The van der Waals surface area contributed by atoms with Crippen LogP contribution in [0.25, 0.3) is 0 Å². The maximum absolute atomic E-state index is 13.1. The number of hydrogen-bond acceptors (Lipinski definition) is 4. The molecular formula is C28H30ClN3O3. The molecule has 3 aromatic carbocycles. The highest BCUT2D eigenvalue weighted by molar-refractivity contribution is 6.30. The third-order valence-electron chi connectivity index (χ3n) is 6.02. The summed E-state index contributed by atoms with van der Waals surface area (Å²) in [5.74, 6) is 1.59. The van der Waals surface area contributed by atoms with Gasteiger partial charge < -0.3 is 19.9 Å². The number of carbonyl (C=O) groups excluding carboxylic acids is 2. The Labute approximate surface area is 211 Å². The minimum absolute atomic E-state index is 0.00867. The quantitative estimate of drug-likeness (QED) is 0.451. The van der Waals surface area contributed by atoms with Crippen LogP contribution in [-0.4, -0.2) is 42.9 Å². The molecule has 1 atom stereocenters. The first-order valence-electron chi connectivity index (χ1n) is 11.8. The average molecular weight is 492 g/mol. The number of amides is 2. The number of ether oxygens (including phenoxy) is 1. The second-order valence-electron chi connectivity index (χ2n) is 8.88. The van der Waals surface area contributed by atoms with E-state index >= 15 is 0 Å². The number of para-hydroxylation sites is 3. The molecule has 1 unspecified atom stereocenters. The zero-order chi connectivity index (χ0) is 24.6.